The van der Waals surface area contributed by atoms with E-state index in [-0.39, 0.29) is 24.7 Å². The van der Waals surface area contributed by atoms with E-state index < -0.39 is 30.5 Å². The zero-order valence-electron chi connectivity index (χ0n) is 14.8. The van der Waals surface area contributed by atoms with Gasteiger partial charge in [-0.1, -0.05) is 19.4 Å². The molecule has 2 aliphatic heterocycles. The predicted octanol–water partition coefficient (Wildman–Crippen LogP) is 4.18. The summed E-state index contributed by atoms with van der Waals surface area (Å²) < 4.78 is 76.7. The molecule has 1 aromatic carbocycles. The number of alkyl halides is 3. The molecule has 0 unspecified atom stereocenters. The fraction of sp³-hybridized carbons (Fsp3) is 0.667. The van der Waals surface area contributed by atoms with Crippen molar-refractivity contribution in [2.75, 3.05) is 26.4 Å². The molecule has 0 atom stereocenters. The van der Waals surface area contributed by atoms with Gasteiger partial charge in [-0.05, 0) is 18.6 Å². The summed E-state index contributed by atoms with van der Waals surface area (Å²) in [6.07, 6.45) is -4.12. The molecule has 2 fully saturated rings. The van der Waals surface area contributed by atoms with E-state index in [1.807, 2.05) is 0 Å². The Bertz CT molecular complexity index is 608. The number of hydrogen-bond acceptors (Lipinski definition) is 5. The third kappa shape index (κ3) is 5.54. The van der Waals surface area contributed by atoms with E-state index >= 15 is 0 Å². The molecule has 0 spiro atoms. The first-order valence-electron chi connectivity index (χ1n) is 8.87. The maximum Gasteiger partial charge on any atom is 0.573 e. The number of hydrogen-bond donors (Lipinski definition) is 0. The molecule has 5 nitrogen and oxygen atoms in total. The number of ether oxygens (including phenoxy) is 5. The predicted molar refractivity (Wildman–Crippen MR) is 85.3 cm³/mol. The largest absolute Gasteiger partial charge is 0.573 e. The first-order valence-corrected chi connectivity index (χ1v) is 8.87. The lowest BCUT2D eigenvalue weighted by Crippen LogP contribution is -2.43. The van der Waals surface area contributed by atoms with Gasteiger partial charge in [-0.25, -0.2) is 4.39 Å². The zero-order valence-corrected chi connectivity index (χ0v) is 14.8. The summed E-state index contributed by atoms with van der Waals surface area (Å²) in [6, 6.07) is 3.09. The molecular weight excluding hydrogens is 372 g/mol. The minimum absolute atomic E-state index is 0.124. The van der Waals surface area contributed by atoms with Gasteiger partial charge < -0.3 is 23.7 Å². The van der Waals surface area contributed by atoms with E-state index in [9.17, 15) is 17.6 Å². The Morgan fingerprint density at radius 1 is 1.04 bits per heavy atom. The van der Waals surface area contributed by atoms with E-state index in [1.54, 1.807) is 0 Å². The zero-order chi connectivity index (χ0) is 19.4. The lowest BCUT2D eigenvalue weighted by molar-refractivity contribution is -0.283. The first-order chi connectivity index (χ1) is 12.9. The minimum atomic E-state index is -4.95. The maximum atomic E-state index is 13.8. The second-order valence-corrected chi connectivity index (χ2v) is 6.69. The molecule has 0 bridgehead atoms. The SMILES string of the molecule is CCC[C@H]1CO[C@H]([C@H]2CO[C@H](c3ccc(OC(F)(F)F)c(F)c3)OC2)OC1. The van der Waals surface area contributed by atoms with Gasteiger partial charge in [0.05, 0.1) is 32.3 Å². The van der Waals surface area contributed by atoms with E-state index in [0.717, 1.165) is 25.0 Å². The summed E-state index contributed by atoms with van der Waals surface area (Å²) in [5.41, 5.74) is 0.272. The van der Waals surface area contributed by atoms with Crippen LogP contribution in [-0.2, 0) is 18.9 Å². The molecule has 0 N–H and O–H groups in total. The summed E-state index contributed by atoms with van der Waals surface area (Å²) in [5, 5.41) is 0. The van der Waals surface area contributed by atoms with Gasteiger partial charge in [0.25, 0.3) is 0 Å². The van der Waals surface area contributed by atoms with Crippen LogP contribution < -0.4 is 4.74 Å². The highest BCUT2D eigenvalue weighted by molar-refractivity contribution is 5.30. The van der Waals surface area contributed by atoms with Crippen LogP contribution in [0.4, 0.5) is 17.6 Å². The van der Waals surface area contributed by atoms with Gasteiger partial charge in [-0.15, -0.1) is 13.2 Å². The summed E-state index contributed by atoms with van der Waals surface area (Å²) in [5.74, 6) is -1.77. The lowest BCUT2D eigenvalue weighted by atomic mass is 10.0. The van der Waals surface area contributed by atoms with Gasteiger partial charge in [0.15, 0.2) is 24.1 Å². The van der Waals surface area contributed by atoms with Crippen molar-refractivity contribution in [1.29, 1.82) is 0 Å². The summed E-state index contributed by atoms with van der Waals surface area (Å²) >= 11 is 0. The van der Waals surface area contributed by atoms with Crippen molar-refractivity contribution in [3.63, 3.8) is 0 Å². The fourth-order valence-electron chi connectivity index (χ4n) is 3.14. The molecule has 152 valence electrons. The molecule has 0 aliphatic carbocycles. The van der Waals surface area contributed by atoms with E-state index in [1.165, 1.54) is 6.07 Å². The molecule has 27 heavy (non-hydrogen) atoms. The van der Waals surface area contributed by atoms with Crippen LogP contribution in [0.2, 0.25) is 0 Å². The van der Waals surface area contributed by atoms with Crippen LogP contribution in [0.1, 0.15) is 31.6 Å². The standard InChI is InChI=1S/C18H22F4O5/c1-2-3-11-7-23-17(24-8-11)13-9-25-16(26-10-13)12-4-5-15(14(19)6-12)27-18(20,21)22/h4-6,11,13,16-17H,2-3,7-10H2,1H3/t11-,13-,16-,17-. The second-order valence-electron chi connectivity index (χ2n) is 6.69. The fourth-order valence-corrected chi connectivity index (χ4v) is 3.14. The minimum Gasteiger partial charge on any atom is -0.403 e. The third-order valence-corrected chi connectivity index (χ3v) is 4.45. The Hall–Kier alpha value is -1.42. The van der Waals surface area contributed by atoms with Crippen molar-refractivity contribution >= 4 is 0 Å². The molecule has 0 radical (unpaired) electrons. The quantitative estimate of drug-likeness (QED) is 0.702. The average Bonchev–Trinajstić information content (AvgIpc) is 2.63. The number of halogens is 4. The van der Waals surface area contributed by atoms with Crippen molar-refractivity contribution in [2.45, 2.75) is 38.7 Å². The van der Waals surface area contributed by atoms with Crippen LogP contribution in [0.5, 0.6) is 5.75 Å². The molecule has 2 aliphatic rings. The Morgan fingerprint density at radius 2 is 1.70 bits per heavy atom. The van der Waals surface area contributed by atoms with Crippen molar-refractivity contribution in [3.05, 3.63) is 29.6 Å². The molecule has 2 heterocycles. The van der Waals surface area contributed by atoms with Crippen LogP contribution in [0, 0.1) is 17.7 Å². The summed E-state index contributed by atoms with van der Waals surface area (Å²) in [7, 11) is 0. The topological polar surface area (TPSA) is 46.2 Å². The Balaban J connectivity index is 1.51. The number of rotatable bonds is 5. The Kier molecular flexibility index (Phi) is 6.56. The Labute approximate surface area is 154 Å². The highest BCUT2D eigenvalue weighted by Crippen LogP contribution is 2.32. The van der Waals surface area contributed by atoms with Crippen LogP contribution in [0.25, 0.3) is 0 Å². The molecule has 9 heteroatoms. The van der Waals surface area contributed by atoms with Crippen LogP contribution >= 0.6 is 0 Å². The van der Waals surface area contributed by atoms with Gasteiger partial charge in [-0.3, -0.25) is 0 Å². The molecular formula is C18H22F4O5. The molecule has 0 aromatic heterocycles. The first kappa shape index (κ1) is 20.3. The van der Waals surface area contributed by atoms with Crippen LogP contribution in [0.15, 0.2) is 18.2 Å². The normalized spacial score (nSPS) is 29.5. The molecule has 2 saturated heterocycles. The summed E-state index contributed by atoms with van der Waals surface area (Å²) in [4.78, 5) is 0. The van der Waals surface area contributed by atoms with E-state index in [0.29, 0.717) is 19.1 Å². The van der Waals surface area contributed by atoms with Crippen LogP contribution in [0.3, 0.4) is 0 Å². The van der Waals surface area contributed by atoms with Crippen molar-refractivity contribution in [3.8, 4) is 5.75 Å². The van der Waals surface area contributed by atoms with E-state index in [2.05, 4.69) is 11.7 Å². The Morgan fingerprint density at radius 3 is 2.26 bits per heavy atom. The van der Waals surface area contributed by atoms with Crippen molar-refractivity contribution < 1.29 is 41.2 Å². The maximum absolute atomic E-state index is 13.8. The molecule has 1 aromatic rings. The monoisotopic (exact) mass is 394 g/mol. The van der Waals surface area contributed by atoms with Gasteiger partial charge in [0, 0.05) is 11.5 Å². The highest BCUT2D eigenvalue weighted by atomic mass is 19.4. The number of benzene rings is 1. The summed E-state index contributed by atoms with van der Waals surface area (Å²) in [6.45, 7) is 3.92. The van der Waals surface area contributed by atoms with Crippen LogP contribution in [-0.4, -0.2) is 39.1 Å². The van der Waals surface area contributed by atoms with Crippen molar-refractivity contribution in [1.82, 2.24) is 0 Å². The van der Waals surface area contributed by atoms with Crippen molar-refractivity contribution in [2.24, 2.45) is 11.8 Å². The van der Waals surface area contributed by atoms with Gasteiger partial charge in [-0.2, -0.15) is 0 Å². The van der Waals surface area contributed by atoms with Gasteiger partial charge in [0.2, 0.25) is 0 Å². The average molecular weight is 394 g/mol. The second kappa shape index (κ2) is 8.72. The lowest BCUT2D eigenvalue weighted by Gasteiger charge is -2.37. The molecule has 3 rings (SSSR count). The van der Waals surface area contributed by atoms with E-state index in [4.69, 9.17) is 18.9 Å². The highest BCUT2D eigenvalue weighted by Gasteiger charge is 2.35. The van der Waals surface area contributed by atoms with Gasteiger partial charge in [0.1, 0.15) is 0 Å². The molecule has 0 saturated carbocycles. The third-order valence-electron chi connectivity index (χ3n) is 4.45. The smallest absolute Gasteiger partial charge is 0.403 e. The molecule has 0 amide bonds. The van der Waals surface area contributed by atoms with Gasteiger partial charge >= 0.3 is 6.36 Å².